The molecule has 0 heterocycles. The van der Waals surface area contributed by atoms with E-state index in [4.69, 9.17) is 5.11 Å². The van der Waals surface area contributed by atoms with Crippen LogP contribution in [-0.2, 0) is 4.79 Å². The van der Waals surface area contributed by atoms with Gasteiger partial charge in [-0.15, -0.1) is 0 Å². The van der Waals surface area contributed by atoms with E-state index in [1.54, 1.807) is 0 Å². The van der Waals surface area contributed by atoms with Crippen molar-refractivity contribution >= 4 is 23.3 Å². The number of nitro groups is 1. The maximum Gasteiger partial charge on any atom is 0.335 e. The third kappa shape index (κ3) is 3.77. The van der Waals surface area contributed by atoms with Gasteiger partial charge in [0.05, 0.1) is 10.5 Å². The van der Waals surface area contributed by atoms with Gasteiger partial charge in [0, 0.05) is 12.5 Å². The largest absolute Gasteiger partial charge is 0.478 e. The van der Waals surface area contributed by atoms with Gasteiger partial charge in [0.1, 0.15) is 5.69 Å². The van der Waals surface area contributed by atoms with Gasteiger partial charge >= 0.3 is 5.97 Å². The molecule has 1 aromatic carbocycles. The molecule has 112 valence electrons. The van der Waals surface area contributed by atoms with E-state index < -0.39 is 16.6 Å². The third-order valence-electron chi connectivity index (χ3n) is 3.66. The number of nitrogens with zero attached hydrogens (tertiary/aromatic N) is 1. The Morgan fingerprint density at radius 3 is 2.57 bits per heavy atom. The fourth-order valence-electron chi connectivity index (χ4n) is 2.60. The summed E-state index contributed by atoms with van der Waals surface area (Å²) in [6.45, 7) is 0. The molecular formula is C14H16N2O5. The van der Waals surface area contributed by atoms with Gasteiger partial charge in [0.15, 0.2) is 0 Å². The molecule has 0 saturated heterocycles. The molecule has 2 N–H and O–H groups in total. The van der Waals surface area contributed by atoms with E-state index >= 15 is 0 Å². The molecule has 1 fully saturated rings. The molecule has 0 aromatic heterocycles. The molecule has 2 rings (SSSR count). The second-order valence-electron chi connectivity index (χ2n) is 5.20. The third-order valence-corrected chi connectivity index (χ3v) is 3.66. The second-order valence-corrected chi connectivity index (χ2v) is 5.20. The predicted octanol–water partition coefficient (Wildman–Crippen LogP) is 2.81. The maximum absolute atomic E-state index is 11.9. The quantitative estimate of drug-likeness (QED) is 0.640. The van der Waals surface area contributed by atoms with Crippen LogP contribution in [0.25, 0.3) is 0 Å². The lowest BCUT2D eigenvalue weighted by molar-refractivity contribution is -0.384. The summed E-state index contributed by atoms with van der Waals surface area (Å²) in [5.41, 5.74) is -0.557. The van der Waals surface area contributed by atoms with Crippen molar-refractivity contribution in [3.05, 3.63) is 33.9 Å². The molecule has 0 unspecified atom stereocenters. The number of carboxylic acid groups (broad SMARTS) is 1. The van der Waals surface area contributed by atoms with Gasteiger partial charge in [-0.3, -0.25) is 14.9 Å². The predicted molar refractivity (Wildman–Crippen MR) is 75.3 cm³/mol. The number of carbonyl (C=O) groups excluding carboxylic acids is 1. The average Bonchev–Trinajstić information content (AvgIpc) is 2.91. The lowest BCUT2D eigenvalue weighted by Crippen LogP contribution is -2.16. The number of amides is 1. The highest BCUT2D eigenvalue weighted by Gasteiger charge is 2.22. The van der Waals surface area contributed by atoms with Crippen LogP contribution in [0.15, 0.2) is 18.2 Å². The molecule has 1 aliphatic rings. The average molecular weight is 292 g/mol. The van der Waals surface area contributed by atoms with Gasteiger partial charge in [0.25, 0.3) is 5.69 Å². The number of aromatic carboxylic acids is 1. The van der Waals surface area contributed by atoms with Crippen molar-refractivity contribution in [2.75, 3.05) is 5.32 Å². The first-order valence-corrected chi connectivity index (χ1v) is 6.79. The molecule has 7 nitrogen and oxygen atoms in total. The Bertz CT molecular complexity index is 579. The Labute approximate surface area is 121 Å². The van der Waals surface area contributed by atoms with E-state index in [0.717, 1.165) is 31.7 Å². The molecule has 0 atom stereocenters. The summed E-state index contributed by atoms with van der Waals surface area (Å²) in [4.78, 5) is 33.0. The standard InChI is InChI=1S/C14H16N2O5/c17-13(7-9-3-1-2-4-9)15-11-6-5-10(14(18)19)8-12(11)16(20)21/h5-6,8-9H,1-4,7H2,(H,15,17)(H,18,19). The van der Waals surface area contributed by atoms with E-state index in [2.05, 4.69) is 5.32 Å². The highest BCUT2D eigenvalue weighted by molar-refractivity contribution is 5.95. The molecule has 1 saturated carbocycles. The zero-order valence-corrected chi connectivity index (χ0v) is 11.4. The van der Waals surface area contributed by atoms with Crippen LogP contribution >= 0.6 is 0 Å². The van der Waals surface area contributed by atoms with Crippen molar-refractivity contribution in [1.82, 2.24) is 0 Å². The lowest BCUT2D eigenvalue weighted by Gasteiger charge is -2.10. The van der Waals surface area contributed by atoms with Gasteiger partial charge in [-0.2, -0.15) is 0 Å². The normalized spacial score (nSPS) is 14.9. The summed E-state index contributed by atoms with van der Waals surface area (Å²) in [5, 5.41) is 22.3. The second kappa shape index (κ2) is 6.34. The molecule has 0 aliphatic heterocycles. The highest BCUT2D eigenvalue weighted by Crippen LogP contribution is 2.29. The highest BCUT2D eigenvalue weighted by atomic mass is 16.6. The van der Waals surface area contributed by atoms with Crippen molar-refractivity contribution in [3.63, 3.8) is 0 Å². The van der Waals surface area contributed by atoms with Gasteiger partial charge in [0.2, 0.25) is 5.91 Å². The summed E-state index contributed by atoms with van der Waals surface area (Å²) >= 11 is 0. The first-order valence-electron chi connectivity index (χ1n) is 6.79. The number of carboxylic acids is 1. The van der Waals surface area contributed by atoms with Crippen molar-refractivity contribution < 1.29 is 19.6 Å². The summed E-state index contributed by atoms with van der Waals surface area (Å²) < 4.78 is 0. The molecule has 1 aliphatic carbocycles. The SMILES string of the molecule is O=C(CC1CCCC1)Nc1ccc(C(=O)O)cc1[N+](=O)[O-]. The first-order chi connectivity index (χ1) is 9.97. The van der Waals surface area contributed by atoms with Gasteiger partial charge < -0.3 is 10.4 Å². The molecule has 0 radical (unpaired) electrons. The Hall–Kier alpha value is -2.44. The Morgan fingerprint density at radius 2 is 2.00 bits per heavy atom. The lowest BCUT2D eigenvalue weighted by atomic mass is 10.0. The van der Waals surface area contributed by atoms with Crippen LogP contribution in [0.5, 0.6) is 0 Å². The Morgan fingerprint density at radius 1 is 1.33 bits per heavy atom. The van der Waals surface area contributed by atoms with Crippen molar-refractivity contribution in [2.24, 2.45) is 5.92 Å². The van der Waals surface area contributed by atoms with Crippen LogP contribution in [0.2, 0.25) is 0 Å². The molecule has 1 amide bonds. The number of anilines is 1. The summed E-state index contributed by atoms with van der Waals surface area (Å²) in [5.74, 6) is -1.18. The Balaban J connectivity index is 2.12. The Kier molecular flexibility index (Phi) is 4.52. The van der Waals surface area contributed by atoms with Crippen molar-refractivity contribution in [1.29, 1.82) is 0 Å². The maximum atomic E-state index is 11.9. The molecule has 21 heavy (non-hydrogen) atoms. The number of benzene rings is 1. The number of hydrogen-bond acceptors (Lipinski definition) is 4. The minimum absolute atomic E-state index is 0.0352. The van der Waals surface area contributed by atoms with E-state index in [9.17, 15) is 19.7 Å². The minimum atomic E-state index is -1.25. The number of rotatable bonds is 5. The number of hydrogen-bond donors (Lipinski definition) is 2. The molecule has 1 aromatic rings. The van der Waals surface area contributed by atoms with E-state index in [-0.39, 0.29) is 17.2 Å². The smallest absolute Gasteiger partial charge is 0.335 e. The van der Waals surface area contributed by atoms with Crippen LogP contribution in [0.3, 0.4) is 0 Å². The first kappa shape index (κ1) is 15.0. The van der Waals surface area contributed by atoms with Crippen LogP contribution in [0.1, 0.15) is 42.5 Å². The zero-order chi connectivity index (χ0) is 15.4. The summed E-state index contributed by atoms with van der Waals surface area (Å²) in [7, 11) is 0. The molecule has 7 heteroatoms. The summed E-state index contributed by atoms with van der Waals surface area (Å²) in [6, 6.07) is 3.45. The number of nitro benzene ring substituents is 1. The van der Waals surface area contributed by atoms with Crippen molar-refractivity contribution in [2.45, 2.75) is 32.1 Å². The molecule has 0 bridgehead atoms. The van der Waals surface area contributed by atoms with Crippen LogP contribution in [0, 0.1) is 16.0 Å². The topological polar surface area (TPSA) is 110 Å². The van der Waals surface area contributed by atoms with E-state index in [0.29, 0.717) is 12.3 Å². The fraction of sp³-hybridized carbons (Fsp3) is 0.429. The van der Waals surface area contributed by atoms with E-state index in [1.165, 1.54) is 12.1 Å². The fourth-order valence-corrected chi connectivity index (χ4v) is 2.60. The molecule has 0 spiro atoms. The number of carbonyl (C=O) groups is 2. The number of nitrogens with one attached hydrogen (secondary N) is 1. The van der Waals surface area contributed by atoms with Crippen LogP contribution in [-0.4, -0.2) is 21.9 Å². The minimum Gasteiger partial charge on any atom is -0.478 e. The van der Waals surface area contributed by atoms with Crippen molar-refractivity contribution in [3.8, 4) is 0 Å². The van der Waals surface area contributed by atoms with Crippen LogP contribution < -0.4 is 5.32 Å². The van der Waals surface area contributed by atoms with Gasteiger partial charge in [-0.25, -0.2) is 4.79 Å². The summed E-state index contributed by atoms with van der Waals surface area (Å²) in [6.07, 6.45) is 4.59. The van der Waals surface area contributed by atoms with E-state index in [1.807, 2.05) is 0 Å². The zero-order valence-electron chi connectivity index (χ0n) is 11.4. The van der Waals surface area contributed by atoms with Gasteiger partial charge in [-0.1, -0.05) is 12.8 Å². The monoisotopic (exact) mass is 292 g/mol. The molecular weight excluding hydrogens is 276 g/mol. The van der Waals surface area contributed by atoms with Crippen LogP contribution in [0.4, 0.5) is 11.4 Å². The van der Waals surface area contributed by atoms with Gasteiger partial charge in [-0.05, 0) is 30.9 Å².